The van der Waals surface area contributed by atoms with E-state index < -0.39 is 24.8 Å². The summed E-state index contributed by atoms with van der Waals surface area (Å²) >= 11 is 0. The molecule has 0 radical (unpaired) electrons. The third-order valence-electron chi connectivity index (χ3n) is 2.27. The van der Waals surface area contributed by atoms with Crippen LogP contribution in [-0.4, -0.2) is 55.0 Å². The topological polar surface area (TPSA) is 49.8 Å². The van der Waals surface area contributed by atoms with Crippen LogP contribution in [0.5, 0.6) is 0 Å². The van der Waals surface area contributed by atoms with Crippen molar-refractivity contribution in [2.45, 2.75) is 18.7 Å². The molecule has 1 unspecified atom stereocenters. The van der Waals surface area contributed by atoms with E-state index in [0.29, 0.717) is 13.0 Å². The number of aliphatic hydroxyl groups excluding tert-OH is 1. The number of piperidine rings is 1. The van der Waals surface area contributed by atoms with Gasteiger partial charge in [0.25, 0.3) is 0 Å². The molecule has 76 valence electrons. The normalized spacial score (nSPS) is 29.0. The average molecular weight is 191 g/mol. The van der Waals surface area contributed by atoms with Gasteiger partial charge in [0.1, 0.15) is 12.8 Å². The van der Waals surface area contributed by atoms with Crippen molar-refractivity contribution in [2.24, 2.45) is 0 Å². The summed E-state index contributed by atoms with van der Waals surface area (Å²) < 4.78 is 18.1. The number of hydrogen-bond donors (Lipinski definition) is 1. The fourth-order valence-corrected chi connectivity index (χ4v) is 1.48. The summed E-state index contributed by atoms with van der Waals surface area (Å²) in [6.45, 7) is -0.0689. The lowest BCUT2D eigenvalue weighted by atomic mass is 10.1. The van der Waals surface area contributed by atoms with Gasteiger partial charge in [-0.1, -0.05) is 0 Å². The van der Waals surface area contributed by atoms with E-state index in [1.54, 1.807) is 0 Å². The first-order valence-electron chi connectivity index (χ1n) is 4.24. The summed E-state index contributed by atoms with van der Waals surface area (Å²) in [6.07, 6.45) is -1.07. The van der Waals surface area contributed by atoms with Crippen LogP contribution < -0.4 is 0 Å². The Bertz CT molecular complexity index is 188. The van der Waals surface area contributed by atoms with Gasteiger partial charge in [-0.3, -0.25) is 4.79 Å². The standard InChI is InChI=1S/C8H14FNO3/c1-13-7-2-3-10(4-6(7)9)8(12)5-11/h6-7,11H,2-5H2,1H3/t6-,7?/m1/s1. The molecule has 0 aromatic carbocycles. The molecule has 2 atom stereocenters. The highest BCUT2D eigenvalue weighted by atomic mass is 19.1. The Morgan fingerprint density at radius 2 is 2.46 bits per heavy atom. The monoisotopic (exact) mass is 191 g/mol. The van der Waals surface area contributed by atoms with Gasteiger partial charge in [-0.05, 0) is 6.42 Å². The molecule has 0 aliphatic carbocycles. The van der Waals surface area contributed by atoms with Crippen molar-refractivity contribution in [3.8, 4) is 0 Å². The zero-order valence-electron chi connectivity index (χ0n) is 7.57. The zero-order chi connectivity index (χ0) is 9.84. The highest BCUT2D eigenvalue weighted by molar-refractivity contribution is 5.77. The number of alkyl halides is 1. The number of rotatable bonds is 2. The lowest BCUT2D eigenvalue weighted by molar-refractivity contribution is -0.139. The number of halogens is 1. The highest BCUT2D eigenvalue weighted by Gasteiger charge is 2.30. The Labute approximate surface area is 76.3 Å². The fraction of sp³-hybridized carbons (Fsp3) is 0.875. The quantitative estimate of drug-likeness (QED) is 0.644. The molecule has 1 amide bonds. The van der Waals surface area contributed by atoms with Crippen LogP contribution in [0.4, 0.5) is 4.39 Å². The number of amides is 1. The van der Waals surface area contributed by atoms with Crippen molar-refractivity contribution < 1.29 is 19.0 Å². The van der Waals surface area contributed by atoms with Gasteiger partial charge in [0.15, 0.2) is 0 Å². The van der Waals surface area contributed by atoms with Crippen molar-refractivity contribution in [3.05, 3.63) is 0 Å². The highest BCUT2D eigenvalue weighted by Crippen LogP contribution is 2.16. The van der Waals surface area contributed by atoms with Crippen molar-refractivity contribution in [3.63, 3.8) is 0 Å². The maximum Gasteiger partial charge on any atom is 0.248 e. The molecule has 5 heteroatoms. The molecule has 0 bridgehead atoms. The molecule has 0 aromatic rings. The second-order valence-corrected chi connectivity index (χ2v) is 3.08. The molecule has 0 aromatic heterocycles. The summed E-state index contributed by atoms with van der Waals surface area (Å²) in [6, 6.07) is 0. The smallest absolute Gasteiger partial charge is 0.248 e. The van der Waals surface area contributed by atoms with Crippen LogP contribution in [0.15, 0.2) is 0 Å². The van der Waals surface area contributed by atoms with Gasteiger partial charge >= 0.3 is 0 Å². The third-order valence-corrected chi connectivity index (χ3v) is 2.27. The fourth-order valence-electron chi connectivity index (χ4n) is 1.48. The molecule has 0 saturated carbocycles. The Hall–Kier alpha value is -0.680. The molecule has 1 aliphatic rings. The van der Waals surface area contributed by atoms with Crippen LogP contribution in [0.25, 0.3) is 0 Å². The summed E-state index contributed by atoms with van der Waals surface area (Å²) in [5.74, 6) is -0.419. The number of carbonyl (C=O) groups excluding carboxylic acids is 1. The van der Waals surface area contributed by atoms with Crippen molar-refractivity contribution >= 4 is 5.91 Å². The van der Waals surface area contributed by atoms with E-state index in [1.165, 1.54) is 12.0 Å². The van der Waals surface area contributed by atoms with Crippen LogP contribution >= 0.6 is 0 Å². The molecule has 4 nitrogen and oxygen atoms in total. The van der Waals surface area contributed by atoms with Gasteiger partial charge in [0.2, 0.25) is 5.91 Å². The van der Waals surface area contributed by atoms with Crippen molar-refractivity contribution in [1.82, 2.24) is 4.90 Å². The van der Waals surface area contributed by atoms with Crippen LogP contribution in [0.2, 0.25) is 0 Å². The predicted molar refractivity (Wildman–Crippen MR) is 44.0 cm³/mol. The van der Waals surface area contributed by atoms with E-state index in [4.69, 9.17) is 9.84 Å². The summed E-state index contributed by atoms with van der Waals surface area (Å²) in [4.78, 5) is 12.3. The lowest BCUT2D eigenvalue weighted by Gasteiger charge is -2.33. The zero-order valence-corrected chi connectivity index (χ0v) is 7.57. The Balaban J connectivity index is 2.45. The minimum absolute atomic E-state index is 0.0257. The largest absolute Gasteiger partial charge is 0.387 e. The van der Waals surface area contributed by atoms with Gasteiger partial charge in [0.05, 0.1) is 12.6 Å². The Kier molecular flexibility index (Phi) is 3.62. The summed E-state index contributed by atoms with van der Waals surface area (Å²) in [7, 11) is 1.46. The maximum absolute atomic E-state index is 13.2. The predicted octanol–water partition coefficient (Wildman–Crippen LogP) is -0.436. The molecular weight excluding hydrogens is 177 g/mol. The average Bonchev–Trinajstić information content (AvgIpc) is 2.16. The number of likely N-dealkylation sites (tertiary alicyclic amines) is 1. The van der Waals surface area contributed by atoms with E-state index in [0.717, 1.165) is 0 Å². The first-order valence-corrected chi connectivity index (χ1v) is 4.24. The lowest BCUT2D eigenvalue weighted by Crippen LogP contribution is -2.48. The summed E-state index contributed by atoms with van der Waals surface area (Å²) in [5, 5.41) is 8.55. The molecule has 1 aliphatic heterocycles. The van der Waals surface area contributed by atoms with Crippen LogP contribution in [0, 0.1) is 0 Å². The molecule has 13 heavy (non-hydrogen) atoms. The molecule has 1 saturated heterocycles. The van der Waals surface area contributed by atoms with E-state index in [2.05, 4.69) is 0 Å². The molecule has 1 fully saturated rings. The second-order valence-electron chi connectivity index (χ2n) is 3.08. The third kappa shape index (κ3) is 2.38. The van der Waals surface area contributed by atoms with Gasteiger partial charge < -0.3 is 14.7 Å². The van der Waals surface area contributed by atoms with E-state index in [-0.39, 0.29) is 6.54 Å². The maximum atomic E-state index is 13.2. The number of aliphatic hydroxyl groups is 1. The van der Waals surface area contributed by atoms with Crippen LogP contribution in [0.3, 0.4) is 0 Å². The van der Waals surface area contributed by atoms with E-state index in [1.807, 2.05) is 0 Å². The number of ether oxygens (including phenoxy) is 1. The van der Waals surface area contributed by atoms with Crippen molar-refractivity contribution in [2.75, 3.05) is 26.8 Å². The number of methoxy groups -OCH3 is 1. The first kappa shape index (κ1) is 10.4. The molecule has 0 spiro atoms. The van der Waals surface area contributed by atoms with Crippen LogP contribution in [-0.2, 0) is 9.53 Å². The minimum atomic E-state index is -1.14. The van der Waals surface area contributed by atoms with E-state index in [9.17, 15) is 9.18 Å². The minimum Gasteiger partial charge on any atom is -0.387 e. The second kappa shape index (κ2) is 4.53. The molecule has 1 rings (SSSR count). The van der Waals surface area contributed by atoms with Crippen molar-refractivity contribution in [1.29, 1.82) is 0 Å². The molecular formula is C8H14FNO3. The number of carbonyl (C=O) groups is 1. The Morgan fingerprint density at radius 1 is 1.77 bits per heavy atom. The van der Waals surface area contributed by atoms with E-state index >= 15 is 0 Å². The molecule has 1 N–H and O–H groups in total. The summed E-state index contributed by atoms with van der Waals surface area (Å²) in [5.41, 5.74) is 0. The number of hydrogen-bond acceptors (Lipinski definition) is 3. The number of nitrogens with zero attached hydrogens (tertiary/aromatic N) is 1. The van der Waals surface area contributed by atoms with Gasteiger partial charge in [-0.15, -0.1) is 0 Å². The van der Waals surface area contributed by atoms with Gasteiger partial charge in [-0.25, -0.2) is 4.39 Å². The van der Waals surface area contributed by atoms with Crippen LogP contribution in [0.1, 0.15) is 6.42 Å². The first-order chi connectivity index (χ1) is 6.19. The van der Waals surface area contributed by atoms with Gasteiger partial charge in [-0.2, -0.15) is 0 Å². The SMILES string of the molecule is COC1CCN(C(=O)CO)C[C@H]1F. The molecule has 1 heterocycles. The Morgan fingerprint density at radius 3 is 2.92 bits per heavy atom. The van der Waals surface area contributed by atoms with Gasteiger partial charge in [0, 0.05) is 13.7 Å².